The van der Waals surface area contributed by atoms with Gasteiger partial charge in [0.05, 0.1) is 5.69 Å². The van der Waals surface area contributed by atoms with Crippen LogP contribution in [0.2, 0.25) is 5.15 Å². The molecule has 0 saturated carbocycles. The van der Waals surface area contributed by atoms with Crippen LogP contribution < -0.4 is 0 Å². The van der Waals surface area contributed by atoms with Crippen LogP contribution in [0.25, 0.3) is 22.3 Å². The largest absolute Gasteiger partial charge is 0.346 e. The third-order valence-corrected chi connectivity index (χ3v) is 2.67. The van der Waals surface area contributed by atoms with Gasteiger partial charge in [-0.25, -0.2) is 15.0 Å². The maximum atomic E-state index is 6.04. The molecule has 0 aromatic carbocycles. The fraction of sp³-hybridized carbons (Fsp3) is 0. The number of hydrogen-bond acceptors (Lipinski definition) is 3. The quantitative estimate of drug-likeness (QED) is 0.654. The SMILES string of the molecule is Clc1ncccc1-c1ncnc2[nH]ccc12. The maximum Gasteiger partial charge on any atom is 0.141 e. The van der Waals surface area contributed by atoms with E-state index in [0.29, 0.717) is 5.15 Å². The summed E-state index contributed by atoms with van der Waals surface area (Å²) in [7, 11) is 0. The lowest BCUT2D eigenvalue weighted by Gasteiger charge is -2.02. The number of hydrogen-bond donors (Lipinski definition) is 1. The predicted molar refractivity (Wildman–Crippen MR) is 62.1 cm³/mol. The Kier molecular flexibility index (Phi) is 2.08. The molecule has 0 amide bonds. The highest BCUT2D eigenvalue weighted by atomic mass is 35.5. The molecule has 3 rings (SSSR count). The van der Waals surface area contributed by atoms with Crippen LogP contribution in [0.3, 0.4) is 0 Å². The number of aromatic amines is 1. The van der Waals surface area contributed by atoms with Crippen molar-refractivity contribution in [1.82, 2.24) is 19.9 Å². The van der Waals surface area contributed by atoms with Crippen LogP contribution in [-0.4, -0.2) is 19.9 Å². The first-order chi connectivity index (χ1) is 7.86. The Morgan fingerprint density at radius 1 is 1.12 bits per heavy atom. The first-order valence-electron chi connectivity index (χ1n) is 4.75. The summed E-state index contributed by atoms with van der Waals surface area (Å²) in [4.78, 5) is 15.5. The molecule has 1 N–H and O–H groups in total. The van der Waals surface area contributed by atoms with E-state index in [0.717, 1.165) is 22.3 Å². The molecule has 4 nitrogen and oxygen atoms in total. The number of fused-ring (bicyclic) bond motifs is 1. The van der Waals surface area contributed by atoms with Crippen LogP contribution in [0, 0.1) is 0 Å². The molecule has 78 valence electrons. The van der Waals surface area contributed by atoms with Gasteiger partial charge in [0.15, 0.2) is 0 Å². The second-order valence-corrected chi connectivity index (χ2v) is 3.66. The third kappa shape index (κ3) is 1.35. The molecule has 0 saturated heterocycles. The summed E-state index contributed by atoms with van der Waals surface area (Å²) in [5.74, 6) is 0. The predicted octanol–water partition coefficient (Wildman–Crippen LogP) is 2.67. The van der Waals surface area contributed by atoms with E-state index in [-0.39, 0.29) is 0 Å². The number of halogens is 1. The van der Waals surface area contributed by atoms with Crippen molar-refractivity contribution in [1.29, 1.82) is 0 Å². The van der Waals surface area contributed by atoms with Gasteiger partial charge in [-0.2, -0.15) is 0 Å². The summed E-state index contributed by atoms with van der Waals surface area (Å²) in [5, 5.41) is 1.39. The fourth-order valence-corrected chi connectivity index (χ4v) is 1.86. The van der Waals surface area contributed by atoms with Gasteiger partial charge in [0.1, 0.15) is 17.1 Å². The van der Waals surface area contributed by atoms with Gasteiger partial charge in [0.25, 0.3) is 0 Å². The fourth-order valence-electron chi connectivity index (χ4n) is 1.65. The van der Waals surface area contributed by atoms with Crippen molar-refractivity contribution >= 4 is 22.6 Å². The van der Waals surface area contributed by atoms with Crippen LogP contribution in [0.15, 0.2) is 36.9 Å². The second kappa shape index (κ2) is 3.57. The summed E-state index contributed by atoms with van der Waals surface area (Å²) < 4.78 is 0. The average Bonchev–Trinajstić information content (AvgIpc) is 2.77. The molecular weight excluding hydrogens is 224 g/mol. The van der Waals surface area contributed by atoms with Crippen LogP contribution >= 0.6 is 11.6 Å². The van der Waals surface area contributed by atoms with Crippen molar-refractivity contribution in [2.24, 2.45) is 0 Å². The molecule has 16 heavy (non-hydrogen) atoms. The summed E-state index contributed by atoms with van der Waals surface area (Å²) in [6.45, 7) is 0. The molecule has 3 aromatic heterocycles. The number of pyridine rings is 1. The Bertz CT molecular complexity index is 647. The molecule has 5 heteroatoms. The molecular formula is C11H7ClN4. The minimum absolute atomic E-state index is 0.448. The standard InChI is InChI=1S/C11H7ClN4/c12-10-7(2-1-4-13-10)9-8-3-5-14-11(8)16-6-15-9/h1-6H,(H,14,15,16). The molecule has 3 heterocycles. The van der Waals surface area contributed by atoms with Crippen LogP contribution in [0.1, 0.15) is 0 Å². The Hall–Kier alpha value is -1.94. The zero-order chi connectivity index (χ0) is 11.0. The molecule has 0 radical (unpaired) electrons. The highest BCUT2D eigenvalue weighted by Gasteiger charge is 2.10. The van der Waals surface area contributed by atoms with Crippen molar-refractivity contribution < 1.29 is 0 Å². The van der Waals surface area contributed by atoms with Crippen molar-refractivity contribution in [2.45, 2.75) is 0 Å². The van der Waals surface area contributed by atoms with Gasteiger partial charge in [0, 0.05) is 23.3 Å². The van der Waals surface area contributed by atoms with Crippen molar-refractivity contribution in [3.05, 3.63) is 42.1 Å². The van der Waals surface area contributed by atoms with Gasteiger partial charge < -0.3 is 4.98 Å². The van der Waals surface area contributed by atoms with Gasteiger partial charge >= 0.3 is 0 Å². The van der Waals surface area contributed by atoms with E-state index in [4.69, 9.17) is 11.6 Å². The molecule has 0 atom stereocenters. The molecule has 0 aliphatic heterocycles. The van der Waals surface area contributed by atoms with Crippen LogP contribution in [-0.2, 0) is 0 Å². The number of nitrogens with one attached hydrogen (secondary N) is 1. The van der Waals surface area contributed by atoms with Gasteiger partial charge in [-0.05, 0) is 18.2 Å². The summed E-state index contributed by atoms with van der Waals surface area (Å²) in [6, 6.07) is 5.65. The van der Waals surface area contributed by atoms with Crippen molar-refractivity contribution in [3.63, 3.8) is 0 Å². The van der Waals surface area contributed by atoms with Crippen molar-refractivity contribution in [3.8, 4) is 11.3 Å². The minimum atomic E-state index is 0.448. The lowest BCUT2D eigenvalue weighted by Crippen LogP contribution is -1.89. The second-order valence-electron chi connectivity index (χ2n) is 3.30. The zero-order valence-electron chi connectivity index (χ0n) is 8.18. The number of nitrogens with zero attached hydrogens (tertiary/aromatic N) is 3. The van der Waals surface area contributed by atoms with E-state index in [1.54, 1.807) is 6.20 Å². The molecule has 3 aromatic rings. The van der Waals surface area contributed by atoms with Crippen molar-refractivity contribution in [2.75, 3.05) is 0 Å². The molecule has 0 bridgehead atoms. The summed E-state index contributed by atoms with van der Waals surface area (Å²) >= 11 is 6.04. The molecule has 0 spiro atoms. The van der Waals surface area contributed by atoms with Gasteiger partial charge in [0.2, 0.25) is 0 Å². The molecule has 0 aliphatic rings. The normalized spacial score (nSPS) is 10.8. The molecule has 0 aliphatic carbocycles. The van der Waals surface area contributed by atoms with Crippen LogP contribution in [0.5, 0.6) is 0 Å². The summed E-state index contributed by atoms with van der Waals surface area (Å²) in [6.07, 6.45) is 4.99. The zero-order valence-corrected chi connectivity index (χ0v) is 8.94. The van der Waals surface area contributed by atoms with E-state index in [1.807, 2.05) is 24.4 Å². The Labute approximate surface area is 96.3 Å². The molecule has 0 fully saturated rings. The Balaban J connectivity index is 2.34. The minimum Gasteiger partial charge on any atom is -0.346 e. The van der Waals surface area contributed by atoms with E-state index in [2.05, 4.69) is 19.9 Å². The monoisotopic (exact) mass is 230 g/mol. The van der Waals surface area contributed by atoms with E-state index >= 15 is 0 Å². The highest BCUT2D eigenvalue weighted by Crippen LogP contribution is 2.28. The van der Waals surface area contributed by atoms with E-state index in [1.165, 1.54) is 6.33 Å². The van der Waals surface area contributed by atoms with Gasteiger partial charge in [-0.1, -0.05) is 11.6 Å². The van der Waals surface area contributed by atoms with E-state index < -0.39 is 0 Å². The average molecular weight is 231 g/mol. The lowest BCUT2D eigenvalue weighted by atomic mass is 10.1. The van der Waals surface area contributed by atoms with E-state index in [9.17, 15) is 0 Å². The third-order valence-electron chi connectivity index (χ3n) is 2.37. The lowest BCUT2D eigenvalue weighted by molar-refractivity contribution is 1.20. The van der Waals surface area contributed by atoms with Gasteiger partial charge in [-0.15, -0.1) is 0 Å². The maximum absolute atomic E-state index is 6.04. The number of H-pyrrole nitrogens is 1. The molecule has 0 unspecified atom stereocenters. The number of rotatable bonds is 1. The number of aromatic nitrogens is 4. The Morgan fingerprint density at radius 2 is 2.06 bits per heavy atom. The summed E-state index contributed by atoms with van der Waals surface area (Å²) in [5.41, 5.74) is 2.41. The first kappa shape index (κ1) is 9.30. The Morgan fingerprint density at radius 3 is 2.94 bits per heavy atom. The smallest absolute Gasteiger partial charge is 0.141 e. The topological polar surface area (TPSA) is 54.5 Å². The van der Waals surface area contributed by atoms with Gasteiger partial charge in [-0.3, -0.25) is 0 Å². The first-order valence-corrected chi connectivity index (χ1v) is 5.13. The van der Waals surface area contributed by atoms with Crippen LogP contribution in [0.4, 0.5) is 0 Å². The highest BCUT2D eigenvalue weighted by molar-refractivity contribution is 6.32.